The van der Waals surface area contributed by atoms with Crippen molar-refractivity contribution in [1.82, 2.24) is 0 Å². The van der Waals surface area contributed by atoms with Gasteiger partial charge in [0.15, 0.2) is 12.4 Å². The van der Waals surface area contributed by atoms with E-state index in [1.165, 1.54) is 84.2 Å². The second kappa shape index (κ2) is 18.7. The SMILES string of the molecule is CCCCCCCCCCCCCCCCCC(=O)O[C@H]1[C@H](O)[C@@H](O)[C@H](OC)O[C@@H]1CO. The lowest BCUT2D eigenvalue weighted by Crippen LogP contribution is -2.60. The summed E-state index contributed by atoms with van der Waals surface area (Å²) in [6.45, 7) is 1.81. The van der Waals surface area contributed by atoms with E-state index in [1.807, 2.05) is 0 Å². The summed E-state index contributed by atoms with van der Waals surface area (Å²) in [5.74, 6) is -0.450. The van der Waals surface area contributed by atoms with Crippen molar-refractivity contribution in [3.8, 4) is 0 Å². The Balaban J connectivity index is 2.00. The Hall–Kier alpha value is -0.730. The molecule has 0 bridgehead atoms. The van der Waals surface area contributed by atoms with Crippen LogP contribution in [0.25, 0.3) is 0 Å². The molecule has 1 heterocycles. The van der Waals surface area contributed by atoms with Crippen molar-refractivity contribution in [3.05, 3.63) is 0 Å². The number of aliphatic hydroxyl groups is 3. The molecule has 0 aromatic carbocycles. The van der Waals surface area contributed by atoms with Gasteiger partial charge in [-0.2, -0.15) is 0 Å². The molecule has 1 aliphatic rings. The minimum Gasteiger partial charge on any atom is -0.457 e. The van der Waals surface area contributed by atoms with Crippen molar-refractivity contribution in [1.29, 1.82) is 0 Å². The lowest BCUT2D eigenvalue weighted by Gasteiger charge is -2.40. The third-order valence-electron chi connectivity index (χ3n) is 6.30. The molecule has 0 saturated carbocycles. The Labute approximate surface area is 194 Å². The molecule has 0 amide bonds. The minimum atomic E-state index is -1.36. The number of carbonyl (C=O) groups excluding carboxylic acids is 1. The Morgan fingerprint density at radius 1 is 0.781 bits per heavy atom. The van der Waals surface area contributed by atoms with Crippen LogP contribution >= 0.6 is 0 Å². The van der Waals surface area contributed by atoms with E-state index in [1.54, 1.807) is 0 Å². The highest BCUT2D eigenvalue weighted by Crippen LogP contribution is 2.24. The molecule has 0 aliphatic carbocycles. The van der Waals surface area contributed by atoms with Crippen molar-refractivity contribution >= 4 is 5.97 Å². The van der Waals surface area contributed by atoms with Gasteiger partial charge in [-0.3, -0.25) is 4.79 Å². The quantitative estimate of drug-likeness (QED) is 0.195. The van der Waals surface area contributed by atoms with E-state index in [0.717, 1.165) is 19.3 Å². The molecule has 1 fully saturated rings. The zero-order valence-electron chi connectivity index (χ0n) is 20.4. The minimum absolute atomic E-state index is 0.253. The number of hydrogen-bond acceptors (Lipinski definition) is 7. The molecule has 0 aromatic heterocycles. The maximum atomic E-state index is 12.1. The molecule has 1 rings (SSSR count). The van der Waals surface area contributed by atoms with Gasteiger partial charge in [0.1, 0.15) is 18.3 Å². The Bertz CT molecular complexity index is 458. The standard InChI is InChI=1S/C25H48O7/c1-3-4-5-6-7-8-9-10-11-12-13-14-15-16-17-18-21(27)32-24-20(19-26)31-25(30-2)23(29)22(24)28/h20,22-26,28-29H,3-19H2,1-2H3/t20-,22-,23-,24-,25-/m1/s1. The normalized spacial score (nSPS) is 25.7. The molecule has 5 atom stereocenters. The fourth-order valence-corrected chi connectivity index (χ4v) is 4.24. The number of hydrogen-bond donors (Lipinski definition) is 3. The summed E-state index contributed by atoms with van der Waals surface area (Å²) in [6, 6.07) is 0. The Morgan fingerprint density at radius 3 is 1.69 bits per heavy atom. The topological polar surface area (TPSA) is 105 Å². The van der Waals surface area contributed by atoms with Crippen molar-refractivity contribution in [2.24, 2.45) is 0 Å². The van der Waals surface area contributed by atoms with E-state index in [-0.39, 0.29) is 6.42 Å². The third kappa shape index (κ3) is 11.9. The van der Waals surface area contributed by atoms with Crippen LogP contribution in [0.2, 0.25) is 0 Å². The zero-order valence-corrected chi connectivity index (χ0v) is 20.4. The second-order valence-electron chi connectivity index (χ2n) is 9.10. The monoisotopic (exact) mass is 460 g/mol. The number of unbranched alkanes of at least 4 members (excludes halogenated alkanes) is 14. The number of rotatable bonds is 19. The van der Waals surface area contributed by atoms with Gasteiger partial charge in [-0.05, 0) is 6.42 Å². The molecule has 0 radical (unpaired) electrons. The van der Waals surface area contributed by atoms with E-state index in [0.29, 0.717) is 0 Å². The van der Waals surface area contributed by atoms with Gasteiger partial charge in [-0.1, -0.05) is 96.8 Å². The number of methoxy groups -OCH3 is 1. The van der Waals surface area contributed by atoms with Crippen molar-refractivity contribution in [3.63, 3.8) is 0 Å². The summed E-state index contributed by atoms with van der Waals surface area (Å²) >= 11 is 0. The molecule has 7 nitrogen and oxygen atoms in total. The summed E-state index contributed by atoms with van der Waals surface area (Å²) < 4.78 is 15.6. The number of aliphatic hydroxyl groups excluding tert-OH is 3. The van der Waals surface area contributed by atoms with Gasteiger partial charge in [0, 0.05) is 13.5 Å². The van der Waals surface area contributed by atoms with Gasteiger partial charge < -0.3 is 29.5 Å². The van der Waals surface area contributed by atoms with Crippen LogP contribution in [-0.2, 0) is 19.0 Å². The Morgan fingerprint density at radius 2 is 1.25 bits per heavy atom. The van der Waals surface area contributed by atoms with Crippen molar-refractivity contribution < 1.29 is 34.3 Å². The highest BCUT2D eigenvalue weighted by Gasteiger charge is 2.46. The number of esters is 1. The van der Waals surface area contributed by atoms with E-state index in [2.05, 4.69) is 6.92 Å². The lowest BCUT2D eigenvalue weighted by atomic mass is 9.99. The maximum Gasteiger partial charge on any atom is 0.306 e. The van der Waals surface area contributed by atoms with Crippen LogP contribution in [0.5, 0.6) is 0 Å². The largest absolute Gasteiger partial charge is 0.457 e. The first-order valence-corrected chi connectivity index (χ1v) is 12.9. The molecule has 3 N–H and O–H groups in total. The third-order valence-corrected chi connectivity index (χ3v) is 6.30. The summed E-state index contributed by atoms with van der Waals surface area (Å²) in [7, 11) is 1.33. The molecule has 190 valence electrons. The summed E-state index contributed by atoms with van der Waals surface area (Å²) in [4.78, 5) is 12.1. The lowest BCUT2D eigenvalue weighted by molar-refractivity contribution is -0.297. The predicted molar refractivity (Wildman–Crippen MR) is 124 cm³/mol. The smallest absolute Gasteiger partial charge is 0.306 e. The van der Waals surface area contributed by atoms with Crippen LogP contribution in [0, 0.1) is 0 Å². The molecular weight excluding hydrogens is 412 g/mol. The molecule has 0 unspecified atom stereocenters. The molecule has 0 aromatic rings. The summed E-state index contributed by atoms with van der Waals surface area (Å²) in [6.07, 6.45) is 13.3. The molecular formula is C25H48O7. The van der Waals surface area contributed by atoms with Gasteiger partial charge in [-0.15, -0.1) is 0 Å². The average molecular weight is 461 g/mol. The van der Waals surface area contributed by atoms with Crippen LogP contribution in [0.1, 0.15) is 110 Å². The summed E-state index contributed by atoms with van der Waals surface area (Å²) in [5.41, 5.74) is 0. The fraction of sp³-hybridized carbons (Fsp3) is 0.960. The van der Waals surface area contributed by atoms with Gasteiger partial charge in [0.25, 0.3) is 0 Å². The molecule has 7 heteroatoms. The van der Waals surface area contributed by atoms with Gasteiger partial charge in [0.2, 0.25) is 0 Å². The van der Waals surface area contributed by atoms with Gasteiger partial charge >= 0.3 is 5.97 Å². The van der Waals surface area contributed by atoms with E-state index < -0.39 is 43.3 Å². The predicted octanol–water partition coefficient (Wildman–Crippen LogP) is 4.25. The maximum absolute atomic E-state index is 12.1. The van der Waals surface area contributed by atoms with Crippen LogP contribution in [0.4, 0.5) is 0 Å². The average Bonchev–Trinajstić information content (AvgIpc) is 2.79. The highest BCUT2D eigenvalue weighted by atomic mass is 16.7. The van der Waals surface area contributed by atoms with E-state index in [9.17, 15) is 20.1 Å². The van der Waals surface area contributed by atoms with Crippen LogP contribution in [0.3, 0.4) is 0 Å². The van der Waals surface area contributed by atoms with E-state index in [4.69, 9.17) is 14.2 Å². The molecule has 32 heavy (non-hydrogen) atoms. The Kier molecular flexibility index (Phi) is 17.1. The van der Waals surface area contributed by atoms with Crippen molar-refractivity contribution in [2.75, 3.05) is 13.7 Å². The van der Waals surface area contributed by atoms with Crippen LogP contribution < -0.4 is 0 Å². The van der Waals surface area contributed by atoms with Gasteiger partial charge in [-0.25, -0.2) is 0 Å². The first kappa shape index (κ1) is 29.3. The number of carbonyl (C=O) groups is 1. The molecule has 1 saturated heterocycles. The first-order chi connectivity index (χ1) is 15.5. The first-order valence-electron chi connectivity index (χ1n) is 12.9. The molecule has 0 spiro atoms. The van der Waals surface area contributed by atoms with Crippen LogP contribution in [0.15, 0.2) is 0 Å². The molecule has 1 aliphatic heterocycles. The summed E-state index contributed by atoms with van der Waals surface area (Å²) in [5, 5.41) is 29.6. The number of ether oxygens (including phenoxy) is 3. The zero-order chi connectivity index (χ0) is 23.6. The van der Waals surface area contributed by atoms with Crippen LogP contribution in [-0.4, -0.2) is 65.7 Å². The highest BCUT2D eigenvalue weighted by molar-refractivity contribution is 5.69. The fourth-order valence-electron chi connectivity index (χ4n) is 4.24. The van der Waals surface area contributed by atoms with Gasteiger partial charge in [0.05, 0.1) is 6.61 Å². The van der Waals surface area contributed by atoms with Crippen molar-refractivity contribution in [2.45, 2.75) is 140 Å². The van der Waals surface area contributed by atoms with E-state index >= 15 is 0 Å². The second-order valence-corrected chi connectivity index (χ2v) is 9.10.